The predicted molar refractivity (Wildman–Crippen MR) is 115 cm³/mol. The van der Waals surface area contributed by atoms with Crippen LogP contribution in [0.15, 0.2) is 36.5 Å². The normalized spacial score (nSPS) is 15.7. The Bertz CT molecular complexity index is 1020. The van der Waals surface area contributed by atoms with Crippen LogP contribution in [-0.2, 0) is 4.74 Å². The van der Waals surface area contributed by atoms with E-state index in [1.165, 1.54) is 11.3 Å². The molecule has 30 heavy (non-hydrogen) atoms. The summed E-state index contributed by atoms with van der Waals surface area (Å²) in [6, 6.07) is 8.92. The Kier molecular flexibility index (Phi) is 6.41. The maximum absolute atomic E-state index is 11.8. The number of carbonyl (C=O) groups excluding carboxylic acids is 1. The largest absolute Gasteiger partial charge is 0.457 e. The highest BCUT2D eigenvalue weighted by Crippen LogP contribution is 2.32. The van der Waals surface area contributed by atoms with Crippen LogP contribution in [0.3, 0.4) is 0 Å². The number of ether oxygens (including phenoxy) is 2. The molecule has 9 heteroatoms. The summed E-state index contributed by atoms with van der Waals surface area (Å²) in [5.41, 5.74) is 1.16. The summed E-state index contributed by atoms with van der Waals surface area (Å²) in [4.78, 5) is 20.4. The monoisotopic (exact) mass is 428 g/mol. The third kappa shape index (κ3) is 4.69. The number of carbonyl (C=O) groups is 1. The molecule has 2 aromatic heterocycles. The van der Waals surface area contributed by atoms with Crippen LogP contribution in [0.1, 0.15) is 23.3 Å². The smallest absolute Gasteiger partial charge is 0.269 e. The maximum Gasteiger partial charge on any atom is 0.269 e. The lowest BCUT2D eigenvalue weighted by Crippen LogP contribution is -2.36. The molecule has 1 atom stereocenters. The van der Waals surface area contributed by atoms with Gasteiger partial charge < -0.3 is 25.2 Å². The van der Waals surface area contributed by atoms with Crippen molar-refractivity contribution in [1.29, 1.82) is 0 Å². The molecule has 1 amide bonds. The van der Waals surface area contributed by atoms with Crippen LogP contribution in [0, 0.1) is 5.92 Å². The lowest BCUT2D eigenvalue weighted by molar-refractivity contribution is 0.0534. The van der Waals surface area contributed by atoms with E-state index in [4.69, 9.17) is 9.47 Å². The zero-order chi connectivity index (χ0) is 20.9. The molecule has 1 saturated heterocycles. The van der Waals surface area contributed by atoms with E-state index in [1.54, 1.807) is 25.4 Å². The number of thiazole rings is 1. The molecule has 0 spiro atoms. The summed E-state index contributed by atoms with van der Waals surface area (Å²) >= 11 is 1.52. The molecule has 1 fully saturated rings. The standard InChI is InChI=1S/C21H24N4O4S/c1-22-20(27)17-10-15(4-7-23-17)29-14-2-3-16-19(11-14)30-21(24-16)25-18(12-26)13-5-8-28-9-6-13/h2-4,7,10-11,13,18,26H,5-6,8-9,12H2,1H3,(H,22,27)(H,24,25). The number of pyridine rings is 1. The highest BCUT2D eigenvalue weighted by Gasteiger charge is 2.24. The second-order valence-corrected chi connectivity index (χ2v) is 8.12. The number of amides is 1. The van der Waals surface area contributed by atoms with E-state index in [-0.39, 0.29) is 18.6 Å². The van der Waals surface area contributed by atoms with Crippen molar-refractivity contribution in [3.05, 3.63) is 42.2 Å². The molecule has 1 aromatic carbocycles. The van der Waals surface area contributed by atoms with Gasteiger partial charge in [0.2, 0.25) is 0 Å². The van der Waals surface area contributed by atoms with E-state index in [0.29, 0.717) is 23.1 Å². The second-order valence-electron chi connectivity index (χ2n) is 7.09. The Morgan fingerprint density at radius 2 is 2.10 bits per heavy atom. The quantitative estimate of drug-likeness (QED) is 0.531. The number of aromatic nitrogens is 2. The van der Waals surface area contributed by atoms with Gasteiger partial charge in [0.15, 0.2) is 5.13 Å². The lowest BCUT2D eigenvalue weighted by Gasteiger charge is -2.29. The second kappa shape index (κ2) is 9.38. The number of aliphatic hydroxyl groups is 1. The molecule has 0 bridgehead atoms. The van der Waals surface area contributed by atoms with Crippen LogP contribution in [0.25, 0.3) is 10.2 Å². The van der Waals surface area contributed by atoms with Gasteiger partial charge in [0.1, 0.15) is 17.2 Å². The Labute approximate surface area is 178 Å². The Balaban J connectivity index is 1.49. The van der Waals surface area contributed by atoms with Crippen LogP contribution in [0.4, 0.5) is 5.13 Å². The number of nitrogens with one attached hydrogen (secondary N) is 2. The fourth-order valence-electron chi connectivity index (χ4n) is 3.48. The summed E-state index contributed by atoms with van der Waals surface area (Å²) in [6.07, 6.45) is 3.41. The predicted octanol–water partition coefficient (Wildman–Crippen LogP) is 3.04. The number of nitrogens with zero attached hydrogens (tertiary/aromatic N) is 2. The highest BCUT2D eigenvalue weighted by molar-refractivity contribution is 7.22. The zero-order valence-corrected chi connectivity index (χ0v) is 17.4. The number of rotatable bonds is 7. The van der Waals surface area contributed by atoms with Crippen molar-refractivity contribution >= 4 is 32.6 Å². The lowest BCUT2D eigenvalue weighted by atomic mass is 9.92. The molecule has 0 saturated carbocycles. The van der Waals surface area contributed by atoms with Crippen LogP contribution >= 0.6 is 11.3 Å². The minimum Gasteiger partial charge on any atom is -0.457 e. The van der Waals surface area contributed by atoms with Gasteiger partial charge in [0, 0.05) is 38.6 Å². The summed E-state index contributed by atoms with van der Waals surface area (Å²) in [6.45, 7) is 1.53. The van der Waals surface area contributed by atoms with Crippen LogP contribution in [0.2, 0.25) is 0 Å². The molecule has 1 unspecified atom stereocenters. The van der Waals surface area contributed by atoms with E-state index >= 15 is 0 Å². The van der Waals surface area contributed by atoms with Crippen LogP contribution < -0.4 is 15.4 Å². The average Bonchev–Trinajstić information content (AvgIpc) is 3.19. The number of hydrogen-bond acceptors (Lipinski definition) is 8. The Hall–Kier alpha value is -2.75. The van der Waals surface area contributed by atoms with Crippen molar-refractivity contribution in [2.24, 2.45) is 5.92 Å². The van der Waals surface area contributed by atoms with E-state index in [0.717, 1.165) is 41.4 Å². The zero-order valence-electron chi connectivity index (χ0n) is 16.6. The van der Waals surface area contributed by atoms with Crippen molar-refractivity contribution < 1.29 is 19.4 Å². The first kappa shape index (κ1) is 20.5. The first-order valence-corrected chi connectivity index (χ1v) is 10.7. The molecule has 0 aliphatic carbocycles. The molecule has 3 N–H and O–H groups in total. The number of hydrogen-bond donors (Lipinski definition) is 3. The maximum atomic E-state index is 11.8. The van der Waals surface area contributed by atoms with Gasteiger partial charge in [-0.3, -0.25) is 9.78 Å². The SMILES string of the molecule is CNC(=O)c1cc(Oc2ccc3nc(NC(CO)C4CCOCC4)sc3c2)ccn1. The third-order valence-corrected chi connectivity index (χ3v) is 6.08. The number of benzene rings is 1. The van der Waals surface area contributed by atoms with Gasteiger partial charge in [-0.2, -0.15) is 0 Å². The molecule has 1 aliphatic rings. The first-order chi connectivity index (χ1) is 14.7. The van der Waals surface area contributed by atoms with Crippen molar-refractivity contribution in [1.82, 2.24) is 15.3 Å². The molecule has 3 aromatic rings. The van der Waals surface area contributed by atoms with Crippen molar-refractivity contribution in [3.8, 4) is 11.5 Å². The van der Waals surface area contributed by atoms with Crippen LogP contribution in [0.5, 0.6) is 11.5 Å². The Morgan fingerprint density at radius 1 is 1.30 bits per heavy atom. The summed E-state index contributed by atoms with van der Waals surface area (Å²) < 4.78 is 12.3. The molecule has 8 nitrogen and oxygen atoms in total. The number of anilines is 1. The minimum absolute atomic E-state index is 0.0369. The summed E-state index contributed by atoms with van der Waals surface area (Å²) in [5, 5.41) is 16.5. The Morgan fingerprint density at radius 3 is 2.87 bits per heavy atom. The van der Waals surface area contributed by atoms with Gasteiger partial charge in [0.05, 0.1) is 22.9 Å². The number of aliphatic hydroxyl groups excluding tert-OH is 1. The van der Waals surface area contributed by atoms with Crippen LogP contribution in [-0.4, -0.2) is 53.9 Å². The van der Waals surface area contributed by atoms with Gasteiger partial charge in [-0.05, 0) is 37.0 Å². The fraction of sp³-hybridized carbons (Fsp3) is 0.381. The molecule has 158 valence electrons. The van der Waals surface area contributed by atoms with E-state index in [1.807, 2.05) is 18.2 Å². The molecule has 4 rings (SSSR count). The van der Waals surface area contributed by atoms with Gasteiger partial charge >= 0.3 is 0 Å². The average molecular weight is 429 g/mol. The van der Waals surface area contributed by atoms with E-state index in [2.05, 4.69) is 20.6 Å². The summed E-state index contributed by atoms with van der Waals surface area (Å²) in [7, 11) is 1.56. The molecular weight excluding hydrogens is 404 g/mol. The van der Waals surface area contributed by atoms with Gasteiger partial charge in [-0.1, -0.05) is 11.3 Å². The first-order valence-electron chi connectivity index (χ1n) is 9.88. The van der Waals surface area contributed by atoms with Crippen molar-refractivity contribution in [3.63, 3.8) is 0 Å². The van der Waals surface area contributed by atoms with E-state index < -0.39 is 0 Å². The van der Waals surface area contributed by atoms with Gasteiger partial charge in [-0.15, -0.1) is 0 Å². The van der Waals surface area contributed by atoms with Gasteiger partial charge in [-0.25, -0.2) is 4.98 Å². The van der Waals surface area contributed by atoms with Gasteiger partial charge in [0.25, 0.3) is 5.91 Å². The topological polar surface area (TPSA) is 106 Å². The fourth-order valence-corrected chi connectivity index (χ4v) is 4.44. The summed E-state index contributed by atoms with van der Waals surface area (Å²) in [5.74, 6) is 1.29. The highest BCUT2D eigenvalue weighted by atomic mass is 32.1. The molecule has 1 aliphatic heterocycles. The minimum atomic E-state index is -0.267. The molecule has 3 heterocycles. The number of fused-ring (bicyclic) bond motifs is 1. The van der Waals surface area contributed by atoms with Crippen molar-refractivity contribution in [2.75, 3.05) is 32.2 Å². The van der Waals surface area contributed by atoms with E-state index in [9.17, 15) is 9.90 Å². The molecular formula is C21H24N4O4S. The molecule has 0 radical (unpaired) electrons. The third-order valence-electron chi connectivity index (χ3n) is 5.13. The van der Waals surface area contributed by atoms with Crippen molar-refractivity contribution in [2.45, 2.75) is 18.9 Å².